The van der Waals surface area contributed by atoms with Gasteiger partial charge in [0, 0.05) is 23.5 Å². The zero-order valence-electron chi connectivity index (χ0n) is 9.45. The number of phenolic OH excluding ortho intramolecular Hbond substituents is 1. The predicted molar refractivity (Wildman–Crippen MR) is 67.4 cm³/mol. The van der Waals surface area contributed by atoms with Crippen molar-refractivity contribution < 1.29 is 9.90 Å². The first-order valence-electron chi connectivity index (χ1n) is 5.28. The van der Waals surface area contributed by atoms with Gasteiger partial charge in [-0.2, -0.15) is 5.10 Å². The summed E-state index contributed by atoms with van der Waals surface area (Å²) in [6.45, 7) is 0. The number of carbonyl (C=O) groups is 1. The van der Waals surface area contributed by atoms with E-state index >= 15 is 0 Å². The van der Waals surface area contributed by atoms with Crippen molar-refractivity contribution >= 4 is 12.1 Å². The summed E-state index contributed by atoms with van der Waals surface area (Å²) in [6.07, 6.45) is 4.80. The normalized spacial score (nSPS) is 10.4. The number of hydrazone groups is 1. The number of aromatic nitrogens is 1. The van der Waals surface area contributed by atoms with Crippen molar-refractivity contribution in [1.82, 2.24) is 10.4 Å². The highest BCUT2D eigenvalue weighted by atomic mass is 16.3. The van der Waals surface area contributed by atoms with E-state index in [1.807, 2.05) is 6.07 Å². The summed E-state index contributed by atoms with van der Waals surface area (Å²) in [6, 6.07) is 9.53. The fourth-order valence-corrected chi connectivity index (χ4v) is 1.30. The minimum absolute atomic E-state index is 0.116. The van der Waals surface area contributed by atoms with Crippen LogP contribution in [0.2, 0.25) is 0 Å². The van der Waals surface area contributed by atoms with Gasteiger partial charge < -0.3 is 5.11 Å². The number of pyridine rings is 1. The molecule has 5 nitrogen and oxygen atoms in total. The Morgan fingerprint density at radius 2 is 2.06 bits per heavy atom. The molecule has 1 heterocycles. The quantitative estimate of drug-likeness (QED) is 0.632. The van der Waals surface area contributed by atoms with Crippen molar-refractivity contribution in [3.05, 3.63) is 59.9 Å². The molecule has 0 atom stereocenters. The van der Waals surface area contributed by atoms with Gasteiger partial charge in [0.1, 0.15) is 5.75 Å². The third-order valence-corrected chi connectivity index (χ3v) is 2.19. The van der Waals surface area contributed by atoms with Crippen LogP contribution in [0.15, 0.2) is 53.9 Å². The van der Waals surface area contributed by atoms with Gasteiger partial charge in [-0.3, -0.25) is 9.78 Å². The van der Waals surface area contributed by atoms with Crippen LogP contribution >= 0.6 is 0 Å². The summed E-state index contributed by atoms with van der Waals surface area (Å²) in [4.78, 5) is 15.5. The molecule has 90 valence electrons. The second-order valence-electron chi connectivity index (χ2n) is 3.53. The molecule has 0 radical (unpaired) electrons. The Morgan fingerprint density at radius 1 is 1.28 bits per heavy atom. The van der Waals surface area contributed by atoms with Crippen LogP contribution in [0.5, 0.6) is 5.75 Å². The molecule has 0 aliphatic heterocycles. The Morgan fingerprint density at radius 3 is 2.72 bits per heavy atom. The summed E-state index contributed by atoms with van der Waals surface area (Å²) in [7, 11) is 0. The van der Waals surface area contributed by atoms with Crippen molar-refractivity contribution in [2.45, 2.75) is 0 Å². The number of phenols is 1. The number of aromatic hydroxyl groups is 1. The van der Waals surface area contributed by atoms with Gasteiger partial charge in [0.25, 0.3) is 5.91 Å². The lowest BCUT2D eigenvalue weighted by Gasteiger charge is -1.99. The zero-order valence-corrected chi connectivity index (χ0v) is 9.45. The monoisotopic (exact) mass is 241 g/mol. The maximum Gasteiger partial charge on any atom is 0.271 e. The third kappa shape index (κ3) is 3.15. The molecule has 2 rings (SSSR count). The van der Waals surface area contributed by atoms with E-state index in [-0.39, 0.29) is 11.7 Å². The Labute approximate surface area is 104 Å². The first-order valence-corrected chi connectivity index (χ1v) is 5.28. The van der Waals surface area contributed by atoms with E-state index in [1.165, 1.54) is 30.5 Å². The van der Waals surface area contributed by atoms with E-state index < -0.39 is 0 Å². The highest BCUT2D eigenvalue weighted by Gasteiger charge is 2.02. The molecule has 0 aliphatic rings. The molecule has 18 heavy (non-hydrogen) atoms. The number of amides is 1. The van der Waals surface area contributed by atoms with Gasteiger partial charge in [0.05, 0.1) is 6.21 Å². The van der Waals surface area contributed by atoms with Crippen molar-refractivity contribution in [2.75, 3.05) is 0 Å². The summed E-state index contributed by atoms with van der Waals surface area (Å²) in [5.41, 5.74) is 3.61. The standard InChI is InChI=1S/C13H11N3O2/c17-12-5-3-11(4-6-12)13(18)16-15-9-10-2-1-7-14-8-10/h1-9,17H,(H,16,18)/b15-9-. The minimum atomic E-state index is -0.338. The number of carbonyl (C=O) groups excluding carboxylic acids is 1. The van der Waals surface area contributed by atoms with Crippen LogP contribution in [0.4, 0.5) is 0 Å². The first kappa shape index (κ1) is 11.8. The lowest BCUT2D eigenvalue weighted by molar-refractivity contribution is 0.0955. The van der Waals surface area contributed by atoms with E-state index in [2.05, 4.69) is 15.5 Å². The molecular weight excluding hydrogens is 230 g/mol. The fourth-order valence-electron chi connectivity index (χ4n) is 1.30. The molecule has 0 aliphatic carbocycles. The highest BCUT2D eigenvalue weighted by Crippen LogP contribution is 2.09. The highest BCUT2D eigenvalue weighted by molar-refractivity contribution is 5.94. The van der Waals surface area contributed by atoms with Gasteiger partial charge in [-0.1, -0.05) is 6.07 Å². The summed E-state index contributed by atoms with van der Waals surface area (Å²) >= 11 is 0. The van der Waals surface area contributed by atoms with Gasteiger partial charge in [0.15, 0.2) is 0 Å². The van der Waals surface area contributed by atoms with E-state index in [9.17, 15) is 4.79 Å². The maximum atomic E-state index is 11.6. The molecule has 0 spiro atoms. The number of hydrogen-bond acceptors (Lipinski definition) is 4. The average Bonchev–Trinajstić information content (AvgIpc) is 2.40. The van der Waals surface area contributed by atoms with Crippen molar-refractivity contribution in [1.29, 1.82) is 0 Å². The molecule has 0 fully saturated rings. The van der Waals surface area contributed by atoms with Crippen LogP contribution < -0.4 is 5.43 Å². The molecular formula is C13H11N3O2. The van der Waals surface area contributed by atoms with E-state index in [4.69, 9.17) is 5.11 Å². The molecule has 0 bridgehead atoms. The van der Waals surface area contributed by atoms with Gasteiger partial charge in [0.2, 0.25) is 0 Å². The predicted octanol–water partition coefficient (Wildman–Crippen LogP) is 1.55. The fraction of sp³-hybridized carbons (Fsp3) is 0. The second-order valence-corrected chi connectivity index (χ2v) is 3.53. The molecule has 1 amide bonds. The number of nitrogens with one attached hydrogen (secondary N) is 1. The smallest absolute Gasteiger partial charge is 0.271 e. The average molecular weight is 241 g/mol. The van der Waals surface area contributed by atoms with E-state index in [0.717, 1.165) is 5.56 Å². The van der Waals surface area contributed by atoms with Crippen LogP contribution in [0, 0.1) is 0 Å². The Hall–Kier alpha value is -2.69. The Kier molecular flexibility index (Phi) is 3.66. The summed E-state index contributed by atoms with van der Waals surface area (Å²) in [5.74, 6) is -0.222. The summed E-state index contributed by atoms with van der Waals surface area (Å²) < 4.78 is 0. The minimum Gasteiger partial charge on any atom is -0.508 e. The molecule has 1 aromatic carbocycles. The van der Waals surface area contributed by atoms with Gasteiger partial charge in [-0.05, 0) is 30.3 Å². The third-order valence-electron chi connectivity index (χ3n) is 2.19. The van der Waals surface area contributed by atoms with E-state index in [0.29, 0.717) is 5.56 Å². The molecule has 0 saturated heterocycles. The molecule has 1 aromatic heterocycles. The lowest BCUT2D eigenvalue weighted by Crippen LogP contribution is -2.17. The molecule has 2 aromatic rings. The molecule has 0 saturated carbocycles. The Balaban J connectivity index is 1.96. The van der Waals surface area contributed by atoms with Crippen LogP contribution in [0.1, 0.15) is 15.9 Å². The van der Waals surface area contributed by atoms with Crippen molar-refractivity contribution in [3.8, 4) is 5.75 Å². The van der Waals surface area contributed by atoms with Crippen molar-refractivity contribution in [2.24, 2.45) is 5.10 Å². The van der Waals surface area contributed by atoms with Crippen LogP contribution in [0.3, 0.4) is 0 Å². The number of hydrogen-bond donors (Lipinski definition) is 2. The van der Waals surface area contributed by atoms with Crippen LogP contribution in [0.25, 0.3) is 0 Å². The van der Waals surface area contributed by atoms with Crippen LogP contribution in [-0.2, 0) is 0 Å². The van der Waals surface area contributed by atoms with Gasteiger partial charge >= 0.3 is 0 Å². The van der Waals surface area contributed by atoms with Gasteiger partial charge in [-0.15, -0.1) is 0 Å². The largest absolute Gasteiger partial charge is 0.508 e. The number of benzene rings is 1. The zero-order chi connectivity index (χ0) is 12.8. The second kappa shape index (κ2) is 5.58. The molecule has 0 unspecified atom stereocenters. The van der Waals surface area contributed by atoms with Gasteiger partial charge in [-0.25, -0.2) is 5.43 Å². The van der Waals surface area contributed by atoms with Crippen molar-refractivity contribution in [3.63, 3.8) is 0 Å². The molecule has 2 N–H and O–H groups in total. The Bertz CT molecular complexity index is 550. The number of nitrogens with zero attached hydrogens (tertiary/aromatic N) is 2. The number of rotatable bonds is 3. The lowest BCUT2D eigenvalue weighted by atomic mass is 10.2. The molecule has 5 heteroatoms. The SMILES string of the molecule is O=C(N/N=C\c1cccnc1)c1ccc(O)cc1. The first-order chi connectivity index (χ1) is 8.75. The van der Waals surface area contributed by atoms with Crippen LogP contribution in [-0.4, -0.2) is 22.2 Å². The summed E-state index contributed by atoms with van der Waals surface area (Å²) in [5, 5.41) is 12.9. The maximum absolute atomic E-state index is 11.6. The van der Waals surface area contributed by atoms with E-state index in [1.54, 1.807) is 18.5 Å². The topological polar surface area (TPSA) is 74.6 Å².